The van der Waals surface area contributed by atoms with Crippen molar-refractivity contribution < 1.29 is 0 Å². The summed E-state index contributed by atoms with van der Waals surface area (Å²) >= 11 is 7.85. The number of rotatable bonds is 6. The van der Waals surface area contributed by atoms with Gasteiger partial charge in [-0.15, -0.1) is 11.8 Å². The molecule has 2 rings (SSSR count). The largest absolute Gasteiger partial charge is 0.296 e. The summed E-state index contributed by atoms with van der Waals surface area (Å²) in [6.45, 7) is 4.18. The van der Waals surface area contributed by atoms with Gasteiger partial charge in [-0.2, -0.15) is 5.26 Å². The molecule has 1 unspecified atom stereocenters. The van der Waals surface area contributed by atoms with E-state index in [1.54, 1.807) is 11.8 Å². The molecule has 1 fully saturated rings. The smallest absolute Gasteiger partial charge is 0.119 e. The number of hydrogen-bond acceptors (Lipinski definition) is 3. The number of halogens is 1. The van der Waals surface area contributed by atoms with E-state index < -0.39 is 5.54 Å². The average molecular weight is 295 g/mol. The number of nitrogens with zero attached hydrogens (tertiary/aromatic N) is 1. The average Bonchev–Trinajstić information content (AvgIpc) is 3.20. The van der Waals surface area contributed by atoms with E-state index in [0.717, 1.165) is 28.5 Å². The SMILES string of the molecule is CC(C)NC(C#N)(CSc1ccccc1Cl)C1CC1. The van der Waals surface area contributed by atoms with E-state index in [1.165, 1.54) is 0 Å². The molecule has 1 aromatic rings. The van der Waals surface area contributed by atoms with Crippen LogP contribution in [0.25, 0.3) is 0 Å². The highest BCUT2D eigenvalue weighted by atomic mass is 35.5. The second-order valence-electron chi connectivity index (χ2n) is 5.38. The van der Waals surface area contributed by atoms with Gasteiger partial charge in [0.05, 0.1) is 11.1 Å². The molecule has 1 saturated carbocycles. The Morgan fingerprint density at radius 2 is 2.16 bits per heavy atom. The quantitative estimate of drug-likeness (QED) is 0.802. The molecule has 1 atom stereocenters. The lowest BCUT2D eigenvalue weighted by molar-refractivity contribution is 0.370. The molecule has 0 spiro atoms. The maximum absolute atomic E-state index is 9.62. The van der Waals surface area contributed by atoms with Crippen LogP contribution in [0.15, 0.2) is 29.2 Å². The summed E-state index contributed by atoms with van der Waals surface area (Å²) in [5.74, 6) is 1.23. The Morgan fingerprint density at radius 1 is 1.47 bits per heavy atom. The zero-order chi connectivity index (χ0) is 13.9. The normalized spacial score (nSPS) is 18.1. The molecule has 0 heterocycles. The predicted molar refractivity (Wildman–Crippen MR) is 81.5 cm³/mol. The van der Waals surface area contributed by atoms with Crippen LogP contribution in [0.2, 0.25) is 5.02 Å². The van der Waals surface area contributed by atoms with Crippen LogP contribution in [0, 0.1) is 17.2 Å². The molecule has 1 aliphatic rings. The minimum atomic E-state index is -0.419. The van der Waals surface area contributed by atoms with E-state index in [1.807, 2.05) is 24.3 Å². The summed E-state index contributed by atoms with van der Waals surface area (Å²) in [6.07, 6.45) is 2.30. The van der Waals surface area contributed by atoms with Crippen molar-refractivity contribution in [3.63, 3.8) is 0 Å². The van der Waals surface area contributed by atoms with Crippen molar-refractivity contribution in [2.45, 2.75) is 43.2 Å². The fourth-order valence-corrected chi connectivity index (χ4v) is 3.72. The fraction of sp³-hybridized carbons (Fsp3) is 0.533. The first-order chi connectivity index (χ1) is 9.07. The molecule has 1 N–H and O–H groups in total. The number of hydrogen-bond donors (Lipinski definition) is 1. The predicted octanol–water partition coefficient (Wildman–Crippen LogP) is 4.10. The van der Waals surface area contributed by atoms with Gasteiger partial charge < -0.3 is 0 Å². The molecule has 4 heteroatoms. The zero-order valence-electron chi connectivity index (χ0n) is 11.3. The third kappa shape index (κ3) is 3.66. The van der Waals surface area contributed by atoms with Crippen molar-refractivity contribution in [1.82, 2.24) is 5.32 Å². The van der Waals surface area contributed by atoms with Gasteiger partial charge in [0.15, 0.2) is 0 Å². The molecule has 1 aromatic carbocycles. The maximum Gasteiger partial charge on any atom is 0.119 e. The molecule has 0 saturated heterocycles. The van der Waals surface area contributed by atoms with Gasteiger partial charge in [-0.1, -0.05) is 23.7 Å². The Hall–Kier alpha value is -0.690. The number of nitrogens with one attached hydrogen (secondary N) is 1. The standard InChI is InChI=1S/C15H19ClN2S/c1-11(2)18-15(9-17,12-7-8-12)10-19-14-6-4-3-5-13(14)16/h3-6,11-12,18H,7-8,10H2,1-2H3. The van der Waals surface area contributed by atoms with Crippen molar-refractivity contribution in [1.29, 1.82) is 5.26 Å². The third-order valence-electron chi connectivity index (χ3n) is 3.31. The van der Waals surface area contributed by atoms with E-state index in [9.17, 15) is 5.26 Å². The first-order valence-electron chi connectivity index (χ1n) is 6.63. The number of benzene rings is 1. The summed E-state index contributed by atoms with van der Waals surface area (Å²) in [5.41, 5.74) is -0.419. The summed E-state index contributed by atoms with van der Waals surface area (Å²) in [7, 11) is 0. The molecule has 19 heavy (non-hydrogen) atoms. The second kappa shape index (κ2) is 6.17. The van der Waals surface area contributed by atoms with Crippen molar-refractivity contribution in [2.75, 3.05) is 5.75 Å². The van der Waals surface area contributed by atoms with Gasteiger partial charge in [0, 0.05) is 16.7 Å². The minimum absolute atomic E-state index is 0.312. The van der Waals surface area contributed by atoms with Gasteiger partial charge in [-0.05, 0) is 44.7 Å². The van der Waals surface area contributed by atoms with E-state index in [0.29, 0.717) is 12.0 Å². The first kappa shape index (κ1) is 14.7. The van der Waals surface area contributed by atoms with Crippen LogP contribution < -0.4 is 5.32 Å². The zero-order valence-corrected chi connectivity index (χ0v) is 12.9. The van der Waals surface area contributed by atoms with E-state index >= 15 is 0 Å². The Bertz CT molecular complexity index is 479. The molecular formula is C15H19ClN2S. The van der Waals surface area contributed by atoms with Crippen LogP contribution in [0.3, 0.4) is 0 Å². The topological polar surface area (TPSA) is 35.8 Å². The second-order valence-corrected chi connectivity index (χ2v) is 6.80. The fourth-order valence-electron chi connectivity index (χ4n) is 2.28. The lowest BCUT2D eigenvalue weighted by atomic mass is 9.96. The summed E-state index contributed by atoms with van der Waals surface area (Å²) in [5, 5.41) is 13.9. The van der Waals surface area contributed by atoms with E-state index in [-0.39, 0.29) is 0 Å². The maximum atomic E-state index is 9.62. The van der Waals surface area contributed by atoms with Crippen molar-refractivity contribution >= 4 is 23.4 Å². The molecule has 0 amide bonds. The molecule has 102 valence electrons. The van der Waals surface area contributed by atoms with Gasteiger partial charge in [0.1, 0.15) is 5.54 Å². The monoisotopic (exact) mass is 294 g/mol. The van der Waals surface area contributed by atoms with Crippen LogP contribution in [0.5, 0.6) is 0 Å². The highest BCUT2D eigenvalue weighted by molar-refractivity contribution is 7.99. The van der Waals surface area contributed by atoms with Gasteiger partial charge in [0.25, 0.3) is 0 Å². The summed E-state index contributed by atoms with van der Waals surface area (Å²) in [6, 6.07) is 10.6. The Kier molecular flexibility index (Phi) is 4.78. The Labute approximate surface area is 124 Å². The Morgan fingerprint density at radius 3 is 2.68 bits per heavy atom. The van der Waals surface area contributed by atoms with Crippen LogP contribution in [-0.4, -0.2) is 17.3 Å². The highest BCUT2D eigenvalue weighted by Crippen LogP contribution is 2.43. The lowest BCUT2D eigenvalue weighted by Gasteiger charge is -2.30. The van der Waals surface area contributed by atoms with Crippen molar-refractivity contribution in [3.8, 4) is 6.07 Å². The van der Waals surface area contributed by atoms with Crippen molar-refractivity contribution in [2.24, 2.45) is 5.92 Å². The van der Waals surface area contributed by atoms with E-state index in [4.69, 9.17) is 11.6 Å². The third-order valence-corrected chi connectivity index (χ3v) is 5.02. The molecule has 0 bridgehead atoms. The molecule has 2 nitrogen and oxygen atoms in total. The summed E-state index contributed by atoms with van der Waals surface area (Å²) in [4.78, 5) is 1.05. The van der Waals surface area contributed by atoms with Crippen LogP contribution in [0.4, 0.5) is 0 Å². The highest BCUT2D eigenvalue weighted by Gasteiger charge is 2.46. The van der Waals surface area contributed by atoms with E-state index in [2.05, 4.69) is 25.2 Å². The first-order valence-corrected chi connectivity index (χ1v) is 8.00. The number of thioether (sulfide) groups is 1. The summed E-state index contributed by atoms with van der Waals surface area (Å²) < 4.78 is 0. The van der Waals surface area contributed by atoms with Crippen LogP contribution >= 0.6 is 23.4 Å². The lowest BCUT2D eigenvalue weighted by Crippen LogP contribution is -2.51. The van der Waals surface area contributed by atoms with Gasteiger partial charge in [0.2, 0.25) is 0 Å². The molecule has 0 radical (unpaired) electrons. The van der Waals surface area contributed by atoms with Gasteiger partial charge in [-0.3, -0.25) is 5.32 Å². The van der Waals surface area contributed by atoms with Gasteiger partial charge >= 0.3 is 0 Å². The molecule has 0 aliphatic heterocycles. The van der Waals surface area contributed by atoms with Crippen molar-refractivity contribution in [3.05, 3.63) is 29.3 Å². The molecule has 0 aromatic heterocycles. The van der Waals surface area contributed by atoms with Crippen LogP contribution in [-0.2, 0) is 0 Å². The van der Waals surface area contributed by atoms with Gasteiger partial charge in [-0.25, -0.2) is 0 Å². The molecule has 1 aliphatic carbocycles. The molecular weight excluding hydrogens is 276 g/mol. The Balaban J connectivity index is 2.09. The minimum Gasteiger partial charge on any atom is -0.296 e. The number of nitriles is 1. The van der Waals surface area contributed by atoms with Crippen LogP contribution in [0.1, 0.15) is 26.7 Å².